The van der Waals surface area contributed by atoms with Gasteiger partial charge in [-0.15, -0.1) is 10.2 Å². The highest BCUT2D eigenvalue weighted by atomic mass is 15.3. The van der Waals surface area contributed by atoms with Crippen molar-refractivity contribution in [1.82, 2.24) is 24.7 Å². The summed E-state index contributed by atoms with van der Waals surface area (Å²) in [4.78, 5) is 1.93. The molecular formula is C18H20N6. The van der Waals surface area contributed by atoms with Crippen molar-refractivity contribution in [1.29, 1.82) is 5.41 Å². The molecule has 0 amide bonds. The van der Waals surface area contributed by atoms with Crippen LogP contribution in [-0.4, -0.2) is 44.5 Å². The molecule has 6 nitrogen and oxygen atoms in total. The van der Waals surface area contributed by atoms with Crippen molar-refractivity contribution in [2.45, 2.75) is 13.8 Å². The van der Waals surface area contributed by atoms with Crippen molar-refractivity contribution in [2.24, 2.45) is 0 Å². The molecule has 0 atom stereocenters. The second kappa shape index (κ2) is 6.23. The first-order chi connectivity index (χ1) is 11.5. The number of fused-ring (bicyclic) bond motifs is 1. The first-order valence-corrected chi connectivity index (χ1v) is 7.70. The fourth-order valence-corrected chi connectivity index (χ4v) is 2.60. The van der Waals surface area contributed by atoms with Gasteiger partial charge >= 0.3 is 0 Å². The SMILES string of the molecule is CC(=N)c1nnc2c(-c3ccccc3)c(C)nn2c1/C=C/N(C)C. The molecular weight excluding hydrogens is 300 g/mol. The zero-order valence-electron chi connectivity index (χ0n) is 14.3. The standard InChI is InChI=1S/C18H20N6/c1-12(19)17-15(10-11-23(3)4)24-18(21-20-17)16(13(2)22-24)14-8-6-5-7-9-14/h5-11,19H,1-4H3/b11-10+,19-12?. The minimum Gasteiger partial charge on any atom is -0.383 e. The summed E-state index contributed by atoms with van der Waals surface area (Å²) in [6.07, 6.45) is 3.83. The van der Waals surface area contributed by atoms with E-state index >= 15 is 0 Å². The molecule has 0 radical (unpaired) electrons. The van der Waals surface area contributed by atoms with Crippen LogP contribution in [0.25, 0.3) is 22.9 Å². The molecule has 3 rings (SSSR count). The van der Waals surface area contributed by atoms with Gasteiger partial charge in [-0.2, -0.15) is 5.10 Å². The topological polar surface area (TPSA) is 70.2 Å². The van der Waals surface area contributed by atoms with Gasteiger partial charge in [-0.1, -0.05) is 30.3 Å². The fourth-order valence-electron chi connectivity index (χ4n) is 2.60. The van der Waals surface area contributed by atoms with Crippen LogP contribution in [0.3, 0.4) is 0 Å². The number of aryl methyl sites for hydroxylation is 1. The number of hydrogen-bond acceptors (Lipinski definition) is 5. The van der Waals surface area contributed by atoms with Crippen molar-refractivity contribution in [2.75, 3.05) is 14.1 Å². The number of rotatable bonds is 4. The van der Waals surface area contributed by atoms with Crippen molar-refractivity contribution in [3.05, 3.63) is 53.6 Å². The first kappa shape index (κ1) is 15.9. The fraction of sp³-hybridized carbons (Fsp3) is 0.222. The molecule has 0 saturated carbocycles. The molecule has 3 aromatic rings. The highest BCUT2D eigenvalue weighted by Gasteiger charge is 2.18. The Labute approximate surface area is 141 Å². The number of nitrogens with zero attached hydrogens (tertiary/aromatic N) is 5. The third-order valence-corrected chi connectivity index (χ3v) is 3.70. The summed E-state index contributed by atoms with van der Waals surface area (Å²) in [6.45, 7) is 3.67. The molecule has 0 spiro atoms. The molecule has 24 heavy (non-hydrogen) atoms. The highest BCUT2D eigenvalue weighted by Crippen LogP contribution is 2.27. The second-order valence-electron chi connectivity index (χ2n) is 5.90. The van der Waals surface area contributed by atoms with Crippen LogP contribution in [0.4, 0.5) is 0 Å². The van der Waals surface area contributed by atoms with E-state index in [9.17, 15) is 0 Å². The predicted octanol–water partition coefficient (Wildman–Crippen LogP) is 3.02. The highest BCUT2D eigenvalue weighted by molar-refractivity contribution is 5.97. The van der Waals surface area contributed by atoms with Gasteiger partial charge in [0.25, 0.3) is 0 Å². The molecule has 122 valence electrons. The van der Waals surface area contributed by atoms with E-state index in [0.29, 0.717) is 17.1 Å². The van der Waals surface area contributed by atoms with Crippen molar-refractivity contribution < 1.29 is 0 Å². The number of aromatic nitrogens is 4. The largest absolute Gasteiger partial charge is 0.383 e. The Morgan fingerprint density at radius 3 is 2.50 bits per heavy atom. The molecule has 0 fully saturated rings. The maximum atomic E-state index is 7.97. The van der Waals surface area contributed by atoms with E-state index < -0.39 is 0 Å². The number of hydrogen-bond donors (Lipinski definition) is 1. The van der Waals surface area contributed by atoms with Crippen LogP contribution in [0.15, 0.2) is 36.5 Å². The van der Waals surface area contributed by atoms with Crippen LogP contribution < -0.4 is 0 Å². The van der Waals surface area contributed by atoms with Gasteiger partial charge in [-0.05, 0) is 25.5 Å². The number of benzene rings is 1. The molecule has 2 heterocycles. The van der Waals surface area contributed by atoms with E-state index in [4.69, 9.17) is 5.41 Å². The van der Waals surface area contributed by atoms with Gasteiger partial charge < -0.3 is 10.3 Å². The zero-order valence-corrected chi connectivity index (χ0v) is 14.3. The Morgan fingerprint density at radius 2 is 1.88 bits per heavy atom. The average molecular weight is 320 g/mol. The van der Waals surface area contributed by atoms with Crippen molar-refractivity contribution in [3.8, 4) is 11.1 Å². The van der Waals surface area contributed by atoms with Crippen LogP contribution in [-0.2, 0) is 0 Å². The van der Waals surface area contributed by atoms with E-state index in [2.05, 4.69) is 15.3 Å². The molecule has 0 aliphatic heterocycles. The molecule has 0 bridgehead atoms. The summed E-state index contributed by atoms with van der Waals surface area (Å²) in [5.41, 5.74) is 5.25. The van der Waals surface area contributed by atoms with Crippen LogP contribution >= 0.6 is 0 Å². The Kier molecular flexibility index (Phi) is 4.12. The lowest BCUT2D eigenvalue weighted by Gasteiger charge is -2.08. The average Bonchev–Trinajstić information content (AvgIpc) is 2.89. The predicted molar refractivity (Wildman–Crippen MR) is 96.2 cm³/mol. The molecule has 0 aliphatic rings. The van der Waals surface area contributed by atoms with Gasteiger partial charge in [0, 0.05) is 20.3 Å². The molecule has 0 unspecified atom stereocenters. The summed E-state index contributed by atoms with van der Waals surface area (Å²) in [5, 5.41) is 21.3. The van der Waals surface area contributed by atoms with E-state index in [1.165, 1.54) is 0 Å². The maximum Gasteiger partial charge on any atom is 0.186 e. The van der Waals surface area contributed by atoms with Crippen LogP contribution in [0.5, 0.6) is 0 Å². The lowest BCUT2D eigenvalue weighted by Crippen LogP contribution is -2.10. The third kappa shape index (κ3) is 2.78. The normalized spacial score (nSPS) is 11.3. The number of nitrogens with one attached hydrogen (secondary N) is 1. The summed E-state index contributed by atoms with van der Waals surface area (Å²) >= 11 is 0. The molecule has 1 N–H and O–H groups in total. The van der Waals surface area contributed by atoms with Gasteiger partial charge in [-0.3, -0.25) is 0 Å². The van der Waals surface area contributed by atoms with Crippen LogP contribution in [0, 0.1) is 12.3 Å². The Balaban J connectivity index is 2.31. The van der Waals surface area contributed by atoms with Gasteiger partial charge in [-0.25, -0.2) is 4.52 Å². The minimum absolute atomic E-state index is 0.359. The Hall–Kier alpha value is -3.02. The molecule has 0 aliphatic carbocycles. The van der Waals surface area contributed by atoms with Crippen LogP contribution in [0.2, 0.25) is 0 Å². The van der Waals surface area contributed by atoms with E-state index in [0.717, 1.165) is 22.5 Å². The monoisotopic (exact) mass is 320 g/mol. The zero-order chi connectivity index (χ0) is 17.3. The lowest BCUT2D eigenvalue weighted by atomic mass is 10.1. The van der Waals surface area contributed by atoms with Gasteiger partial charge in [0.1, 0.15) is 5.69 Å². The Morgan fingerprint density at radius 1 is 1.17 bits per heavy atom. The molecule has 0 saturated heterocycles. The smallest absolute Gasteiger partial charge is 0.186 e. The van der Waals surface area contributed by atoms with Gasteiger partial charge in [0.05, 0.1) is 22.7 Å². The first-order valence-electron chi connectivity index (χ1n) is 7.70. The third-order valence-electron chi connectivity index (χ3n) is 3.70. The minimum atomic E-state index is 0.359. The summed E-state index contributed by atoms with van der Waals surface area (Å²) in [7, 11) is 3.89. The second-order valence-corrected chi connectivity index (χ2v) is 5.90. The van der Waals surface area contributed by atoms with Crippen LogP contribution in [0.1, 0.15) is 24.0 Å². The Bertz CT molecular complexity index is 922. The molecule has 1 aromatic carbocycles. The summed E-state index contributed by atoms with van der Waals surface area (Å²) in [6, 6.07) is 10.1. The van der Waals surface area contributed by atoms with Crippen molar-refractivity contribution in [3.63, 3.8) is 0 Å². The maximum absolute atomic E-state index is 7.97. The van der Waals surface area contributed by atoms with E-state index in [-0.39, 0.29) is 0 Å². The molecule has 6 heteroatoms. The molecule has 2 aromatic heterocycles. The summed E-state index contributed by atoms with van der Waals surface area (Å²) in [5.74, 6) is 0. The lowest BCUT2D eigenvalue weighted by molar-refractivity contribution is 0.567. The van der Waals surface area contributed by atoms with Gasteiger partial charge in [0.2, 0.25) is 0 Å². The van der Waals surface area contributed by atoms with E-state index in [1.54, 1.807) is 11.4 Å². The van der Waals surface area contributed by atoms with Crippen molar-refractivity contribution >= 4 is 17.4 Å². The van der Waals surface area contributed by atoms with Gasteiger partial charge in [0.15, 0.2) is 5.65 Å². The quantitative estimate of drug-likeness (QED) is 0.750. The summed E-state index contributed by atoms with van der Waals surface area (Å²) < 4.78 is 1.78. The van der Waals surface area contributed by atoms with E-state index in [1.807, 2.05) is 68.5 Å².